The van der Waals surface area contributed by atoms with Crippen molar-refractivity contribution in [3.63, 3.8) is 0 Å². The molecule has 0 radical (unpaired) electrons. The Hall–Kier alpha value is -0.820. The summed E-state index contributed by atoms with van der Waals surface area (Å²) in [6, 6.07) is 5.47. The Kier molecular flexibility index (Phi) is 5.14. The van der Waals surface area contributed by atoms with Crippen molar-refractivity contribution in [2.45, 2.75) is 19.9 Å². The zero-order valence-electron chi connectivity index (χ0n) is 11.5. The van der Waals surface area contributed by atoms with E-state index in [1.165, 1.54) is 12.1 Å². The lowest BCUT2D eigenvalue weighted by Gasteiger charge is -2.20. The predicted octanol–water partition coefficient (Wildman–Crippen LogP) is 4.66. The van der Waals surface area contributed by atoms with Gasteiger partial charge in [0.2, 0.25) is 0 Å². The van der Waals surface area contributed by atoms with Crippen LogP contribution in [-0.4, -0.2) is 0 Å². The maximum absolute atomic E-state index is 14.3. The maximum Gasteiger partial charge on any atom is 0.145 e. The second kappa shape index (κ2) is 6.52. The SMILES string of the molecule is Cc1cc(C(NN)c2c(F)ccc(Br)c2F)cc(C)c1Br. The fourth-order valence-corrected chi connectivity index (χ4v) is 2.87. The average Bonchev–Trinajstić information content (AvgIpc) is 2.44. The molecule has 0 aromatic heterocycles. The van der Waals surface area contributed by atoms with E-state index in [9.17, 15) is 8.78 Å². The van der Waals surface area contributed by atoms with Gasteiger partial charge in [0.1, 0.15) is 11.6 Å². The Morgan fingerprint density at radius 2 is 1.67 bits per heavy atom. The van der Waals surface area contributed by atoms with Gasteiger partial charge in [-0.2, -0.15) is 0 Å². The first-order chi connectivity index (χ1) is 9.86. The summed E-state index contributed by atoms with van der Waals surface area (Å²) < 4.78 is 29.5. The van der Waals surface area contributed by atoms with Crippen LogP contribution < -0.4 is 11.3 Å². The highest BCUT2D eigenvalue weighted by atomic mass is 79.9. The number of aryl methyl sites for hydroxylation is 2. The monoisotopic (exact) mass is 418 g/mol. The molecule has 0 fully saturated rings. The van der Waals surface area contributed by atoms with Gasteiger partial charge in [0.05, 0.1) is 10.5 Å². The lowest BCUT2D eigenvalue weighted by molar-refractivity contribution is 0.507. The summed E-state index contributed by atoms with van der Waals surface area (Å²) in [6.07, 6.45) is 0. The smallest absolute Gasteiger partial charge is 0.145 e. The molecule has 21 heavy (non-hydrogen) atoms. The normalized spacial score (nSPS) is 12.5. The van der Waals surface area contributed by atoms with E-state index in [0.29, 0.717) is 5.56 Å². The van der Waals surface area contributed by atoms with Crippen molar-refractivity contribution in [2.75, 3.05) is 0 Å². The van der Waals surface area contributed by atoms with Crippen molar-refractivity contribution in [2.24, 2.45) is 5.84 Å². The largest absolute Gasteiger partial charge is 0.271 e. The number of hydrazine groups is 1. The van der Waals surface area contributed by atoms with E-state index in [0.717, 1.165) is 15.6 Å². The molecule has 0 bridgehead atoms. The molecule has 112 valence electrons. The molecular weight excluding hydrogens is 406 g/mol. The molecule has 0 aliphatic heterocycles. The molecule has 2 aromatic carbocycles. The summed E-state index contributed by atoms with van der Waals surface area (Å²) in [5.41, 5.74) is 5.04. The molecule has 3 N–H and O–H groups in total. The molecule has 0 saturated heterocycles. The van der Waals surface area contributed by atoms with E-state index >= 15 is 0 Å². The van der Waals surface area contributed by atoms with E-state index in [1.807, 2.05) is 26.0 Å². The van der Waals surface area contributed by atoms with Crippen LogP contribution in [0.25, 0.3) is 0 Å². The Labute approximate surface area is 139 Å². The first-order valence-electron chi connectivity index (χ1n) is 6.23. The number of nitrogens with one attached hydrogen (secondary N) is 1. The van der Waals surface area contributed by atoms with Crippen LogP contribution >= 0.6 is 31.9 Å². The van der Waals surface area contributed by atoms with Gasteiger partial charge in [-0.05, 0) is 58.6 Å². The number of hydrogen-bond donors (Lipinski definition) is 2. The number of halogens is 4. The van der Waals surface area contributed by atoms with Gasteiger partial charge in [0.15, 0.2) is 0 Å². The van der Waals surface area contributed by atoms with Crippen LogP contribution in [0.3, 0.4) is 0 Å². The van der Waals surface area contributed by atoms with Crippen LogP contribution in [-0.2, 0) is 0 Å². The highest BCUT2D eigenvalue weighted by Crippen LogP contribution is 2.33. The van der Waals surface area contributed by atoms with Gasteiger partial charge >= 0.3 is 0 Å². The lowest BCUT2D eigenvalue weighted by Crippen LogP contribution is -2.30. The molecule has 2 nitrogen and oxygen atoms in total. The third-order valence-corrected chi connectivity index (χ3v) is 5.19. The molecule has 0 amide bonds. The third kappa shape index (κ3) is 3.18. The summed E-state index contributed by atoms with van der Waals surface area (Å²) in [7, 11) is 0. The minimum atomic E-state index is -0.770. The van der Waals surface area contributed by atoms with Crippen molar-refractivity contribution in [3.8, 4) is 0 Å². The second-order valence-corrected chi connectivity index (χ2v) is 6.47. The van der Waals surface area contributed by atoms with Gasteiger partial charge in [-0.1, -0.05) is 28.1 Å². The van der Waals surface area contributed by atoms with Crippen LogP contribution in [0.2, 0.25) is 0 Å². The van der Waals surface area contributed by atoms with Crippen molar-refractivity contribution >= 4 is 31.9 Å². The number of rotatable bonds is 3. The zero-order chi connectivity index (χ0) is 15.7. The molecule has 0 heterocycles. The highest BCUT2D eigenvalue weighted by Gasteiger charge is 2.23. The molecule has 0 spiro atoms. The van der Waals surface area contributed by atoms with Crippen molar-refractivity contribution in [1.29, 1.82) is 0 Å². The van der Waals surface area contributed by atoms with Gasteiger partial charge < -0.3 is 0 Å². The molecule has 2 rings (SSSR count). The fourth-order valence-electron chi connectivity index (χ4n) is 2.30. The third-order valence-electron chi connectivity index (χ3n) is 3.33. The Morgan fingerprint density at radius 3 is 2.19 bits per heavy atom. The first kappa shape index (κ1) is 16.5. The minimum Gasteiger partial charge on any atom is -0.271 e. The topological polar surface area (TPSA) is 38.0 Å². The summed E-state index contributed by atoms with van der Waals surface area (Å²) in [5.74, 6) is 4.25. The van der Waals surface area contributed by atoms with E-state index in [-0.39, 0.29) is 10.0 Å². The van der Waals surface area contributed by atoms with Crippen LogP contribution in [0.1, 0.15) is 28.3 Å². The van der Waals surface area contributed by atoms with E-state index in [2.05, 4.69) is 37.3 Å². The average molecular weight is 420 g/mol. The standard InChI is InChI=1S/C15H14Br2F2N2/c1-7-5-9(6-8(2)13(7)17)15(21-20)12-11(18)4-3-10(16)14(12)19/h3-6,15,21H,20H2,1-2H3. The number of nitrogens with two attached hydrogens (primary N) is 1. The Balaban J connectivity index is 2.63. The molecule has 6 heteroatoms. The number of hydrogen-bond acceptors (Lipinski definition) is 2. The molecule has 1 atom stereocenters. The summed E-state index contributed by atoms with van der Waals surface area (Å²) in [4.78, 5) is 0. The quantitative estimate of drug-likeness (QED) is 0.431. The van der Waals surface area contributed by atoms with Gasteiger partial charge in [0, 0.05) is 10.0 Å². The lowest BCUT2D eigenvalue weighted by atomic mass is 9.95. The van der Waals surface area contributed by atoms with Crippen molar-refractivity contribution < 1.29 is 8.78 Å². The molecule has 0 saturated carbocycles. The molecule has 2 aromatic rings. The highest BCUT2D eigenvalue weighted by molar-refractivity contribution is 9.10. The van der Waals surface area contributed by atoms with Crippen molar-refractivity contribution in [3.05, 3.63) is 67.1 Å². The Morgan fingerprint density at radius 1 is 1.10 bits per heavy atom. The van der Waals surface area contributed by atoms with Crippen LogP contribution in [0.5, 0.6) is 0 Å². The minimum absolute atomic E-state index is 0.104. The molecule has 1 unspecified atom stereocenters. The van der Waals surface area contributed by atoms with Gasteiger partial charge in [0.25, 0.3) is 0 Å². The second-order valence-electron chi connectivity index (χ2n) is 4.83. The van der Waals surface area contributed by atoms with Crippen LogP contribution in [0.4, 0.5) is 8.78 Å². The molecule has 0 aliphatic carbocycles. The number of benzene rings is 2. The maximum atomic E-state index is 14.3. The molecule has 0 aliphatic rings. The summed E-state index contributed by atoms with van der Waals surface area (Å²) in [6.45, 7) is 3.84. The van der Waals surface area contributed by atoms with Gasteiger partial charge in [-0.3, -0.25) is 5.84 Å². The van der Waals surface area contributed by atoms with Gasteiger partial charge in [-0.25, -0.2) is 14.2 Å². The zero-order valence-corrected chi connectivity index (χ0v) is 14.6. The predicted molar refractivity (Wildman–Crippen MR) is 86.8 cm³/mol. The van der Waals surface area contributed by atoms with E-state index in [1.54, 1.807) is 0 Å². The fraction of sp³-hybridized carbons (Fsp3) is 0.200. The van der Waals surface area contributed by atoms with E-state index < -0.39 is 17.7 Å². The van der Waals surface area contributed by atoms with Crippen molar-refractivity contribution in [1.82, 2.24) is 5.43 Å². The summed E-state index contributed by atoms with van der Waals surface area (Å²) in [5, 5.41) is 0. The Bertz CT molecular complexity index is 667. The van der Waals surface area contributed by atoms with Gasteiger partial charge in [-0.15, -0.1) is 0 Å². The van der Waals surface area contributed by atoms with Crippen LogP contribution in [0, 0.1) is 25.5 Å². The van der Waals surface area contributed by atoms with Crippen LogP contribution in [0.15, 0.2) is 33.2 Å². The van der Waals surface area contributed by atoms with E-state index in [4.69, 9.17) is 5.84 Å². The molecular formula is C15H14Br2F2N2. The first-order valence-corrected chi connectivity index (χ1v) is 7.81. The summed E-state index contributed by atoms with van der Waals surface area (Å²) >= 11 is 6.55.